The third-order valence-corrected chi connectivity index (χ3v) is 1.98. The minimum Gasteiger partial charge on any atom is -0.382 e. The average Bonchev–Trinajstić information content (AvgIpc) is 2.84. The van der Waals surface area contributed by atoms with Gasteiger partial charge in [-0.25, -0.2) is 9.37 Å². The summed E-state index contributed by atoms with van der Waals surface area (Å²) in [6.45, 7) is 4.00. The van der Waals surface area contributed by atoms with Crippen LogP contribution in [-0.2, 0) is 0 Å². The summed E-state index contributed by atoms with van der Waals surface area (Å²) < 4.78 is 12.8. The van der Waals surface area contributed by atoms with Crippen LogP contribution in [0.15, 0.2) is 36.8 Å². The summed E-state index contributed by atoms with van der Waals surface area (Å²) in [6.07, 6.45) is 2.13. The number of hydrogen-bond acceptors (Lipinski definition) is 2. The molecule has 0 bridgehead atoms. The molecule has 0 saturated heterocycles. The highest BCUT2D eigenvalue weighted by Crippen LogP contribution is 2.19. The Morgan fingerprint density at radius 1 is 1.38 bits per heavy atom. The molecule has 2 aromatic rings. The number of H-pyrrole nitrogens is 1. The fourth-order valence-corrected chi connectivity index (χ4v) is 1.27. The first kappa shape index (κ1) is 12.4. The van der Waals surface area contributed by atoms with E-state index < -0.39 is 6.10 Å². The molecule has 1 aromatic heterocycles. The van der Waals surface area contributed by atoms with Gasteiger partial charge < -0.3 is 10.1 Å². The molecule has 1 aromatic carbocycles. The Morgan fingerprint density at radius 3 is 2.69 bits per heavy atom. The monoisotopic (exact) mass is 222 g/mol. The van der Waals surface area contributed by atoms with E-state index in [0.717, 1.165) is 0 Å². The van der Waals surface area contributed by atoms with Crippen LogP contribution in [-0.4, -0.2) is 15.1 Å². The standard InChI is InChI=1S/C10H9FN2O.C2H6/c11-8-3-1-2-7(4-8)10(14)9-5-12-6-13-9;1-2/h1-6,10,14H,(H,12,13);1-2H3. The summed E-state index contributed by atoms with van der Waals surface area (Å²) in [5.74, 6) is -0.360. The van der Waals surface area contributed by atoms with E-state index in [-0.39, 0.29) is 5.82 Å². The van der Waals surface area contributed by atoms with Gasteiger partial charge in [-0.1, -0.05) is 26.0 Å². The fraction of sp³-hybridized carbons (Fsp3) is 0.250. The van der Waals surface area contributed by atoms with Crippen molar-refractivity contribution >= 4 is 0 Å². The molecule has 1 atom stereocenters. The molecule has 16 heavy (non-hydrogen) atoms. The number of halogens is 1. The molecule has 1 unspecified atom stereocenters. The summed E-state index contributed by atoms with van der Waals surface area (Å²) >= 11 is 0. The van der Waals surface area contributed by atoms with Gasteiger partial charge in [0.2, 0.25) is 0 Å². The number of aliphatic hydroxyl groups excluding tert-OH is 1. The Balaban J connectivity index is 0.000000606. The van der Waals surface area contributed by atoms with E-state index in [1.807, 2.05) is 13.8 Å². The Hall–Kier alpha value is -1.68. The van der Waals surface area contributed by atoms with Crippen molar-refractivity contribution in [2.75, 3.05) is 0 Å². The first-order chi connectivity index (χ1) is 7.77. The van der Waals surface area contributed by atoms with Gasteiger partial charge in [-0.15, -0.1) is 0 Å². The molecule has 0 fully saturated rings. The molecular weight excluding hydrogens is 207 g/mol. The molecule has 3 nitrogen and oxygen atoms in total. The number of imidazole rings is 1. The summed E-state index contributed by atoms with van der Waals surface area (Å²) in [4.78, 5) is 6.55. The highest BCUT2D eigenvalue weighted by molar-refractivity contribution is 5.24. The second-order valence-electron chi connectivity index (χ2n) is 2.96. The zero-order valence-electron chi connectivity index (χ0n) is 9.31. The molecule has 0 aliphatic rings. The second-order valence-corrected chi connectivity index (χ2v) is 2.96. The number of aromatic amines is 1. The number of nitrogens with zero attached hydrogens (tertiary/aromatic N) is 1. The van der Waals surface area contributed by atoms with Gasteiger partial charge in [0.25, 0.3) is 0 Å². The third kappa shape index (κ3) is 2.90. The summed E-state index contributed by atoms with van der Waals surface area (Å²) in [5, 5.41) is 9.77. The van der Waals surface area contributed by atoms with Crippen molar-refractivity contribution in [2.24, 2.45) is 0 Å². The zero-order valence-corrected chi connectivity index (χ0v) is 9.31. The van der Waals surface area contributed by atoms with Crippen molar-refractivity contribution < 1.29 is 9.50 Å². The number of nitrogens with one attached hydrogen (secondary N) is 1. The molecule has 0 radical (unpaired) electrons. The highest BCUT2D eigenvalue weighted by atomic mass is 19.1. The van der Waals surface area contributed by atoms with Crippen LogP contribution in [0, 0.1) is 5.82 Å². The van der Waals surface area contributed by atoms with E-state index >= 15 is 0 Å². The SMILES string of the molecule is CC.OC(c1cccc(F)c1)c1cnc[nH]1. The maximum atomic E-state index is 12.8. The molecule has 4 heteroatoms. The number of hydrogen-bond donors (Lipinski definition) is 2. The fourth-order valence-electron chi connectivity index (χ4n) is 1.27. The zero-order chi connectivity index (χ0) is 12.0. The van der Waals surface area contributed by atoms with Crippen molar-refractivity contribution in [3.8, 4) is 0 Å². The lowest BCUT2D eigenvalue weighted by molar-refractivity contribution is 0.215. The van der Waals surface area contributed by atoms with Gasteiger partial charge in [0, 0.05) is 0 Å². The summed E-state index contributed by atoms with van der Waals surface area (Å²) in [6, 6.07) is 5.85. The van der Waals surface area contributed by atoms with Gasteiger partial charge in [-0.3, -0.25) is 0 Å². The molecule has 0 aliphatic carbocycles. The molecule has 86 valence electrons. The lowest BCUT2D eigenvalue weighted by Gasteiger charge is -2.07. The van der Waals surface area contributed by atoms with Gasteiger partial charge in [0.05, 0.1) is 18.2 Å². The van der Waals surface area contributed by atoms with Crippen LogP contribution in [0.2, 0.25) is 0 Å². The van der Waals surface area contributed by atoms with E-state index in [0.29, 0.717) is 11.3 Å². The molecule has 1 heterocycles. The summed E-state index contributed by atoms with van der Waals surface area (Å²) in [7, 11) is 0. The van der Waals surface area contributed by atoms with Crippen LogP contribution in [0.25, 0.3) is 0 Å². The van der Waals surface area contributed by atoms with E-state index in [4.69, 9.17) is 0 Å². The minimum absolute atomic E-state index is 0.360. The van der Waals surface area contributed by atoms with E-state index in [1.165, 1.54) is 24.7 Å². The number of benzene rings is 1. The molecule has 0 aliphatic heterocycles. The van der Waals surface area contributed by atoms with Crippen molar-refractivity contribution in [1.82, 2.24) is 9.97 Å². The quantitative estimate of drug-likeness (QED) is 0.820. The van der Waals surface area contributed by atoms with Gasteiger partial charge in [0.15, 0.2) is 0 Å². The largest absolute Gasteiger partial charge is 0.382 e. The first-order valence-corrected chi connectivity index (χ1v) is 5.19. The third-order valence-electron chi connectivity index (χ3n) is 1.98. The lowest BCUT2D eigenvalue weighted by Crippen LogP contribution is -1.99. The maximum Gasteiger partial charge on any atom is 0.123 e. The minimum atomic E-state index is -0.854. The molecule has 0 amide bonds. The first-order valence-electron chi connectivity index (χ1n) is 5.19. The van der Waals surface area contributed by atoms with Crippen LogP contribution in [0.3, 0.4) is 0 Å². The number of rotatable bonds is 2. The van der Waals surface area contributed by atoms with E-state index in [1.54, 1.807) is 12.1 Å². The average molecular weight is 222 g/mol. The normalized spacial score (nSPS) is 11.5. The van der Waals surface area contributed by atoms with Crippen LogP contribution in [0.5, 0.6) is 0 Å². The van der Waals surface area contributed by atoms with Crippen LogP contribution in [0.1, 0.15) is 31.2 Å². The van der Waals surface area contributed by atoms with E-state index in [9.17, 15) is 9.50 Å². The second kappa shape index (κ2) is 6.02. The van der Waals surface area contributed by atoms with Crippen molar-refractivity contribution in [1.29, 1.82) is 0 Å². The highest BCUT2D eigenvalue weighted by Gasteiger charge is 2.11. The molecular formula is C12H15FN2O. The van der Waals surface area contributed by atoms with Gasteiger partial charge in [-0.2, -0.15) is 0 Å². The predicted molar refractivity (Wildman–Crippen MR) is 60.4 cm³/mol. The van der Waals surface area contributed by atoms with E-state index in [2.05, 4.69) is 9.97 Å². The molecule has 2 rings (SSSR count). The lowest BCUT2D eigenvalue weighted by atomic mass is 10.1. The van der Waals surface area contributed by atoms with Crippen molar-refractivity contribution in [3.63, 3.8) is 0 Å². The summed E-state index contributed by atoms with van der Waals surface area (Å²) in [5.41, 5.74) is 1.06. The number of aliphatic hydroxyl groups is 1. The topological polar surface area (TPSA) is 48.9 Å². The van der Waals surface area contributed by atoms with Crippen LogP contribution >= 0.6 is 0 Å². The van der Waals surface area contributed by atoms with Crippen molar-refractivity contribution in [3.05, 3.63) is 53.9 Å². The van der Waals surface area contributed by atoms with Crippen LogP contribution < -0.4 is 0 Å². The Morgan fingerprint density at radius 2 is 2.12 bits per heavy atom. The number of aromatic nitrogens is 2. The Bertz CT molecular complexity index is 415. The smallest absolute Gasteiger partial charge is 0.123 e. The van der Waals surface area contributed by atoms with Gasteiger partial charge in [-0.05, 0) is 17.7 Å². The van der Waals surface area contributed by atoms with Crippen molar-refractivity contribution in [2.45, 2.75) is 20.0 Å². The maximum absolute atomic E-state index is 12.8. The van der Waals surface area contributed by atoms with Crippen LogP contribution in [0.4, 0.5) is 4.39 Å². The van der Waals surface area contributed by atoms with Gasteiger partial charge >= 0.3 is 0 Å². The molecule has 2 N–H and O–H groups in total. The Kier molecular flexibility index (Phi) is 4.66. The predicted octanol–water partition coefficient (Wildman–Crippen LogP) is 2.66. The molecule has 0 spiro atoms. The van der Waals surface area contributed by atoms with Gasteiger partial charge in [0.1, 0.15) is 11.9 Å². The Labute approximate surface area is 94.0 Å². The molecule has 0 saturated carbocycles.